The van der Waals surface area contributed by atoms with Gasteiger partial charge in [-0.05, 0) is 43.2 Å². The molecule has 0 radical (unpaired) electrons. The van der Waals surface area contributed by atoms with E-state index in [1.807, 2.05) is 6.07 Å². The number of likely N-dealkylation sites (tertiary alicyclic amines) is 1. The number of aliphatic hydroxyl groups excluding tert-OH is 1. The molecular formula is C24H23FN4O10S-4. The van der Waals surface area contributed by atoms with Gasteiger partial charge in [-0.15, -0.1) is 0 Å². The van der Waals surface area contributed by atoms with E-state index >= 15 is 0 Å². The number of nitrogens with one attached hydrogen (secondary N) is 1. The molecule has 3 aromatic rings. The van der Waals surface area contributed by atoms with E-state index in [1.165, 1.54) is 12.1 Å². The molecule has 1 unspecified atom stereocenters. The molecule has 0 spiro atoms. The second-order valence-corrected chi connectivity index (χ2v) is 9.18. The second-order valence-electron chi connectivity index (χ2n) is 8.15. The number of ether oxygens (including phenoxy) is 1. The van der Waals surface area contributed by atoms with Crippen LogP contribution in [0.3, 0.4) is 0 Å². The molecule has 16 heteroatoms. The number of benzene rings is 1. The summed E-state index contributed by atoms with van der Waals surface area (Å²) >= 11 is 1.65. The van der Waals surface area contributed by atoms with Gasteiger partial charge in [0.2, 0.25) is 0 Å². The van der Waals surface area contributed by atoms with Gasteiger partial charge in [0.1, 0.15) is 29.8 Å². The lowest BCUT2D eigenvalue weighted by Crippen LogP contribution is -2.43. The lowest BCUT2D eigenvalue weighted by molar-refractivity contribution is -0.345. The van der Waals surface area contributed by atoms with Gasteiger partial charge < -0.3 is 59.7 Å². The summed E-state index contributed by atoms with van der Waals surface area (Å²) in [5, 5.41) is 50.4. The van der Waals surface area contributed by atoms with E-state index in [1.54, 1.807) is 35.9 Å². The van der Waals surface area contributed by atoms with Gasteiger partial charge in [-0.3, -0.25) is 4.98 Å². The Morgan fingerprint density at radius 1 is 1.02 bits per heavy atom. The number of rotatable bonds is 7. The summed E-state index contributed by atoms with van der Waals surface area (Å²) in [4.78, 5) is 46.6. The molecule has 0 bridgehead atoms. The standard InChI is InChI=1S/C20H23FN4O2S.2C2H2O4/c21-14-1-3-17(4-2-14)27-13-16(26)12-25-9-6-15(7-10-25)23-20-24-18-11-22-8-5-19(18)28-20;2*3-1(4)2(5)6/h1-5,8,11,15-16,26H,6-7,9-10,12-13H2,(H,23,24);2*(H,3,4)(H,5,6)/p-4. The molecule has 0 saturated carbocycles. The molecule has 2 N–H and O–H groups in total. The fourth-order valence-corrected chi connectivity index (χ4v) is 4.26. The number of piperidine rings is 1. The molecule has 1 saturated heterocycles. The van der Waals surface area contributed by atoms with Crippen LogP contribution < -0.4 is 30.5 Å². The van der Waals surface area contributed by atoms with E-state index < -0.39 is 30.0 Å². The molecule has 216 valence electrons. The van der Waals surface area contributed by atoms with Crippen LogP contribution in [0.15, 0.2) is 42.7 Å². The minimum absolute atomic E-state index is 0.198. The number of anilines is 1. The average molecular weight is 579 g/mol. The van der Waals surface area contributed by atoms with Crippen molar-refractivity contribution < 1.29 is 53.8 Å². The maximum absolute atomic E-state index is 12.9. The summed E-state index contributed by atoms with van der Waals surface area (Å²) in [6.07, 6.45) is 4.99. The zero-order valence-corrected chi connectivity index (χ0v) is 21.5. The first-order chi connectivity index (χ1) is 18.9. The van der Waals surface area contributed by atoms with Crippen LogP contribution in [0.5, 0.6) is 5.75 Å². The van der Waals surface area contributed by atoms with Gasteiger partial charge in [-0.1, -0.05) is 11.3 Å². The number of aliphatic carboxylic acids is 4. The van der Waals surface area contributed by atoms with E-state index in [2.05, 4.69) is 20.2 Å². The highest BCUT2D eigenvalue weighted by Crippen LogP contribution is 2.26. The number of aliphatic hydroxyl groups is 1. The molecular weight excluding hydrogens is 555 g/mol. The molecule has 4 rings (SSSR count). The summed E-state index contributed by atoms with van der Waals surface area (Å²) in [5.74, 6) is -8.48. The summed E-state index contributed by atoms with van der Waals surface area (Å²) in [6.45, 7) is 2.60. The SMILES string of the molecule is O=C([O-])C(=O)[O-].O=C([O-])C(=O)[O-].OC(COc1ccc(F)cc1)CN1CCC(Nc2nc3cnccc3s2)CC1. The van der Waals surface area contributed by atoms with Crippen LogP contribution in [0.1, 0.15) is 12.8 Å². The van der Waals surface area contributed by atoms with Gasteiger partial charge in [0.15, 0.2) is 5.13 Å². The summed E-state index contributed by atoms with van der Waals surface area (Å²) in [7, 11) is 0. The van der Waals surface area contributed by atoms with Crippen LogP contribution in [0.4, 0.5) is 9.52 Å². The number of carboxylic acid groups (broad SMARTS) is 4. The maximum atomic E-state index is 12.9. The van der Waals surface area contributed by atoms with Gasteiger partial charge in [0, 0.05) is 31.9 Å². The van der Waals surface area contributed by atoms with E-state index in [0.29, 0.717) is 18.3 Å². The van der Waals surface area contributed by atoms with Crippen molar-refractivity contribution in [3.63, 3.8) is 0 Å². The van der Waals surface area contributed by atoms with Crippen molar-refractivity contribution in [2.24, 2.45) is 0 Å². The van der Waals surface area contributed by atoms with Crippen molar-refractivity contribution in [3.05, 3.63) is 48.5 Å². The van der Waals surface area contributed by atoms with Gasteiger partial charge in [0.25, 0.3) is 0 Å². The van der Waals surface area contributed by atoms with E-state index in [0.717, 1.165) is 41.3 Å². The van der Waals surface area contributed by atoms with Crippen LogP contribution in [0.2, 0.25) is 0 Å². The Balaban J connectivity index is 0.000000393. The number of aromatic nitrogens is 2. The first-order valence-corrected chi connectivity index (χ1v) is 12.4. The fourth-order valence-electron chi connectivity index (χ4n) is 3.35. The van der Waals surface area contributed by atoms with Crippen LogP contribution in [-0.2, 0) is 19.2 Å². The monoisotopic (exact) mass is 578 g/mol. The van der Waals surface area contributed by atoms with Crippen molar-refractivity contribution in [2.75, 3.05) is 31.6 Å². The Labute approximate surface area is 230 Å². The molecule has 1 atom stereocenters. The minimum atomic E-state index is -2.19. The Kier molecular flexibility index (Phi) is 12.6. The van der Waals surface area contributed by atoms with Crippen molar-refractivity contribution >= 4 is 50.6 Å². The molecule has 0 amide bonds. The number of carbonyl (C=O) groups excluding carboxylic acids is 4. The first-order valence-electron chi connectivity index (χ1n) is 11.5. The number of hydrogen-bond acceptors (Lipinski definition) is 15. The molecule has 14 nitrogen and oxygen atoms in total. The first kappa shape index (κ1) is 31.8. The van der Waals surface area contributed by atoms with Gasteiger partial charge >= 0.3 is 0 Å². The zero-order chi connectivity index (χ0) is 29.7. The molecule has 1 aromatic carbocycles. The van der Waals surface area contributed by atoms with E-state index in [-0.39, 0.29) is 12.4 Å². The molecule has 40 heavy (non-hydrogen) atoms. The fraction of sp³-hybridized carbons (Fsp3) is 0.333. The highest BCUT2D eigenvalue weighted by atomic mass is 32.1. The third-order valence-corrected chi connectivity index (χ3v) is 6.13. The molecule has 3 heterocycles. The van der Waals surface area contributed by atoms with E-state index in [4.69, 9.17) is 44.3 Å². The number of halogens is 1. The normalized spacial score (nSPS) is 14.1. The Bertz CT molecular complexity index is 1200. The Hall–Kier alpha value is -4.41. The molecule has 1 aliphatic rings. The summed E-state index contributed by atoms with van der Waals surface area (Å²) in [5.41, 5.74) is 0.928. The lowest BCUT2D eigenvalue weighted by Gasteiger charge is -2.33. The van der Waals surface area contributed by atoms with Gasteiger partial charge in [0.05, 0.1) is 34.8 Å². The number of β-amino-alcohol motifs (C(OH)–C–C–N with tert-alkyl or cyclic N) is 1. The van der Waals surface area contributed by atoms with Crippen molar-refractivity contribution in [2.45, 2.75) is 25.0 Å². The highest BCUT2D eigenvalue weighted by molar-refractivity contribution is 7.22. The number of fused-ring (bicyclic) bond motifs is 1. The predicted octanol–water partition coefficient (Wildman–Crippen LogP) is -3.88. The number of thiazole rings is 1. The highest BCUT2D eigenvalue weighted by Gasteiger charge is 2.22. The second kappa shape index (κ2) is 15.9. The smallest absolute Gasteiger partial charge is 0.184 e. The Morgan fingerprint density at radius 2 is 1.60 bits per heavy atom. The van der Waals surface area contributed by atoms with Crippen molar-refractivity contribution in [1.29, 1.82) is 0 Å². The Morgan fingerprint density at radius 3 is 2.12 bits per heavy atom. The molecule has 2 aromatic heterocycles. The quantitative estimate of drug-likeness (QED) is 0.255. The summed E-state index contributed by atoms with van der Waals surface area (Å²) in [6, 6.07) is 8.20. The molecule has 1 aliphatic heterocycles. The van der Waals surface area contributed by atoms with Crippen LogP contribution in [-0.4, -0.2) is 82.2 Å². The third kappa shape index (κ3) is 11.5. The van der Waals surface area contributed by atoms with Crippen molar-refractivity contribution in [1.82, 2.24) is 14.9 Å². The number of nitrogens with zero attached hydrogens (tertiary/aromatic N) is 3. The maximum Gasteiger partial charge on any atom is 0.184 e. The topological polar surface area (TPSA) is 231 Å². The van der Waals surface area contributed by atoms with Crippen molar-refractivity contribution in [3.8, 4) is 5.75 Å². The lowest BCUT2D eigenvalue weighted by atomic mass is 10.1. The largest absolute Gasteiger partial charge is 0.543 e. The summed E-state index contributed by atoms with van der Waals surface area (Å²) < 4.78 is 19.6. The number of carboxylic acids is 4. The number of carbonyl (C=O) groups is 4. The minimum Gasteiger partial charge on any atom is -0.543 e. The van der Waals surface area contributed by atoms with Crippen LogP contribution in [0, 0.1) is 5.82 Å². The van der Waals surface area contributed by atoms with E-state index in [9.17, 15) is 9.50 Å². The number of pyridine rings is 1. The third-order valence-electron chi connectivity index (χ3n) is 5.16. The predicted molar refractivity (Wildman–Crippen MR) is 128 cm³/mol. The zero-order valence-electron chi connectivity index (χ0n) is 20.7. The average Bonchev–Trinajstić information content (AvgIpc) is 3.32. The molecule has 1 fully saturated rings. The molecule has 0 aliphatic carbocycles. The van der Waals surface area contributed by atoms with Gasteiger partial charge in [-0.25, -0.2) is 9.37 Å². The van der Waals surface area contributed by atoms with Crippen LogP contribution >= 0.6 is 11.3 Å². The van der Waals surface area contributed by atoms with Gasteiger partial charge in [-0.2, -0.15) is 0 Å². The number of hydrogen-bond donors (Lipinski definition) is 2. The van der Waals surface area contributed by atoms with Crippen LogP contribution in [0.25, 0.3) is 10.2 Å².